The lowest BCUT2D eigenvalue weighted by atomic mass is 10.0. The lowest BCUT2D eigenvalue weighted by Gasteiger charge is -2.29. The minimum absolute atomic E-state index is 0.0508. The first-order valence-corrected chi connectivity index (χ1v) is 11.5. The molecule has 0 aromatic heterocycles. The maximum Gasteiger partial charge on any atom is 0.242 e. The van der Waals surface area contributed by atoms with Crippen LogP contribution in [0.2, 0.25) is 5.02 Å². The maximum atomic E-state index is 13.3. The molecule has 2 amide bonds. The fourth-order valence-electron chi connectivity index (χ4n) is 3.76. The number of nitrogens with zero attached hydrogens (tertiary/aromatic N) is 1. The number of aryl methyl sites for hydroxylation is 1. The maximum absolute atomic E-state index is 13.3. The highest BCUT2D eigenvalue weighted by atomic mass is 35.5. The van der Waals surface area contributed by atoms with Gasteiger partial charge in [0.05, 0.1) is 0 Å². The second kappa shape index (κ2) is 11.1. The van der Waals surface area contributed by atoms with E-state index in [2.05, 4.69) is 29.6 Å². The summed E-state index contributed by atoms with van der Waals surface area (Å²) in [5.41, 5.74) is 2.04. The highest BCUT2D eigenvalue weighted by Crippen LogP contribution is 2.21. The molecule has 168 valence electrons. The Morgan fingerprint density at radius 3 is 2.44 bits per heavy atom. The van der Waals surface area contributed by atoms with Crippen LogP contribution in [0.25, 0.3) is 10.8 Å². The predicted molar refractivity (Wildman–Crippen MR) is 132 cm³/mol. The van der Waals surface area contributed by atoms with Gasteiger partial charge in [-0.25, -0.2) is 0 Å². The Morgan fingerprint density at radius 1 is 0.969 bits per heavy atom. The summed E-state index contributed by atoms with van der Waals surface area (Å²) in [6, 6.07) is 21.2. The van der Waals surface area contributed by atoms with Gasteiger partial charge in [-0.2, -0.15) is 0 Å². The van der Waals surface area contributed by atoms with E-state index in [1.165, 1.54) is 0 Å². The van der Waals surface area contributed by atoms with Crippen LogP contribution < -0.4 is 5.32 Å². The minimum Gasteiger partial charge on any atom is -0.354 e. The molecule has 1 atom stereocenters. The van der Waals surface area contributed by atoms with Crippen molar-refractivity contribution in [2.75, 3.05) is 6.54 Å². The van der Waals surface area contributed by atoms with Gasteiger partial charge in [0.1, 0.15) is 6.04 Å². The molecule has 1 N–H and O–H groups in total. The van der Waals surface area contributed by atoms with Crippen molar-refractivity contribution < 1.29 is 9.59 Å². The molecule has 32 heavy (non-hydrogen) atoms. The number of carbonyl (C=O) groups is 2. The van der Waals surface area contributed by atoms with E-state index >= 15 is 0 Å². The lowest BCUT2D eigenvalue weighted by Crippen LogP contribution is -2.48. The lowest BCUT2D eigenvalue weighted by molar-refractivity contribution is -0.140. The highest BCUT2D eigenvalue weighted by Gasteiger charge is 2.26. The van der Waals surface area contributed by atoms with Gasteiger partial charge in [0.25, 0.3) is 0 Å². The molecule has 3 aromatic carbocycles. The molecule has 0 bridgehead atoms. The number of nitrogens with one attached hydrogen (secondary N) is 1. The van der Waals surface area contributed by atoms with Gasteiger partial charge in [0.2, 0.25) is 11.8 Å². The van der Waals surface area contributed by atoms with Crippen molar-refractivity contribution >= 4 is 34.2 Å². The van der Waals surface area contributed by atoms with E-state index in [9.17, 15) is 9.59 Å². The van der Waals surface area contributed by atoms with Crippen LogP contribution >= 0.6 is 11.6 Å². The number of amides is 2. The summed E-state index contributed by atoms with van der Waals surface area (Å²) in [5, 5.41) is 5.89. The Kier molecular flexibility index (Phi) is 8.29. The molecule has 0 spiro atoms. The zero-order valence-corrected chi connectivity index (χ0v) is 19.7. The fourth-order valence-corrected chi connectivity index (χ4v) is 3.98. The van der Waals surface area contributed by atoms with Gasteiger partial charge >= 0.3 is 0 Å². The molecule has 0 aliphatic heterocycles. The predicted octanol–water partition coefficient (Wildman–Crippen LogP) is 5.62. The second-order valence-corrected chi connectivity index (χ2v) is 9.04. The summed E-state index contributed by atoms with van der Waals surface area (Å²) in [5.74, 6) is 0.152. The smallest absolute Gasteiger partial charge is 0.242 e. The Bertz CT molecular complexity index is 1070. The fraction of sp³-hybridized carbons (Fsp3) is 0.333. The Labute approximate surface area is 195 Å². The van der Waals surface area contributed by atoms with Gasteiger partial charge < -0.3 is 10.2 Å². The Hall–Kier alpha value is -2.85. The van der Waals surface area contributed by atoms with Crippen LogP contribution in [-0.2, 0) is 22.6 Å². The van der Waals surface area contributed by atoms with E-state index in [1.54, 1.807) is 17.9 Å². The molecule has 0 saturated carbocycles. The summed E-state index contributed by atoms with van der Waals surface area (Å²) in [4.78, 5) is 27.8. The van der Waals surface area contributed by atoms with Gasteiger partial charge in [-0.1, -0.05) is 80.0 Å². The van der Waals surface area contributed by atoms with Gasteiger partial charge in [-0.15, -0.1) is 0 Å². The van der Waals surface area contributed by atoms with E-state index in [0.717, 1.165) is 21.9 Å². The van der Waals surface area contributed by atoms with E-state index in [0.29, 0.717) is 36.9 Å². The number of hydrogen-bond acceptors (Lipinski definition) is 2. The highest BCUT2D eigenvalue weighted by molar-refractivity contribution is 6.30. The first kappa shape index (κ1) is 23.8. The standard InChI is InChI=1S/C27H31ClN2O2/c1-19(2)17-29-27(32)20(3)30(18-21-8-6-12-24(28)16-21)26(31)15-14-23-11-7-10-22-9-4-5-13-25(22)23/h4-13,16,19-20H,14-15,17-18H2,1-3H3,(H,29,32)/t20-/m1/s1. The van der Waals surface area contributed by atoms with Crippen LogP contribution in [-0.4, -0.2) is 29.3 Å². The van der Waals surface area contributed by atoms with Crippen molar-refractivity contribution in [1.29, 1.82) is 0 Å². The number of benzene rings is 3. The molecule has 0 heterocycles. The van der Waals surface area contributed by atoms with Gasteiger partial charge in [-0.3, -0.25) is 9.59 Å². The monoisotopic (exact) mass is 450 g/mol. The first-order chi connectivity index (χ1) is 15.3. The number of fused-ring (bicyclic) bond motifs is 1. The van der Waals surface area contributed by atoms with Crippen molar-refractivity contribution in [1.82, 2.24) is 10.2 Å². The molecule has 3 aromatic rings. The average Bonchev–Trinajstić information content (AvgIpc) is 2.79. The number of halogens is 1. The van der Waals surface area contributed by atoms with Gasteiger partial charge in [0.15, 0.2) is 0 Å². The molecule has 5 heteroatoms. The van der Waals surface area contributed by atoms with Crippen molar-refractivity contribution in [2.24, 2.45) is 5.92 Å². The molecular formula is C27H31ClN2O2. The zero-order chi connectivity index (χ0) is 23.1. The van der Waals surface area contributed by atoms with E-state index in [-0.39, 0.29) is 11.8 Å². The number of carbonyl (C=O) groups excluding carboxylic acids is 2. The molecule has 0 aliphatic rings. The normalized spacial score (nSPS) is 12.0. The van der Waals surface area contributed by atoms with E-state index < -0.39 is 6.04 Å². The van der Waals surface area contributed by atoms with Crippen LogP contribution in [0.15, 0.2) is 66.7 Å². The van der Waals surface area contributed by atoms with Crippen LogP contribution in [0, 0.1) is 5.92 Å². The third-order valence-corrected chi connectivity index (χ3v) is 5.82. The third kappa shape index (κ3) is 6.33. The van der Waals surface area contributed by atoms with E-state index in [1.807, 2.05) is 50.2 Å². The van der Waals surface area contributed by atoms with Crippen molar-refractivity contribution in [3.63, 3.8) is 0 Å². The quantitative estimate of drug-likeness (QED) is 0.460. The topological polar surface area (TPSA) is 49.4 Å². The van der Waals surface area contributed by atoms with Crippen molar-refractivity contribution in [3.05, 3.63) is 82.9 Å². The van der Waals surface area contributed by atoms with E-state index in [4.69, 9.17) is 11.6 Å². The summed E-state index contributed by atoms with van der Waals surface area (Å²) in [6.45, 7) is 6.80. The van der Waals surface area contributed by atoms with Crippen molar-refractivity contribution in [3.8, 4) is 0 Å². The SMILES string of the molecule is CC(C)CNC(=O)[C@@H](C)N(Cc1cccc(Cl)c1)C(=O)CCc1cccc2ccccc12. The summed E-state index contributed by atoms with van der Waals surface area (Å²) >= 11 is 6.15. The molecular weight excluding hydrogens is 420 g/mol. The number of rotatable bonds is 9. The molecule has 0 aliphatic carbocycles. The summed E-state index contributed by atoms with van der Waals surface area (Å²) in [6.07, 6.45) is 0.947. The van der Waals surface area contributed by atoms with Gasteiger partial charge in [0, 0.05) is 24.5 Å². The van der Waals surface area contributed by atoms with Gasteiger partial charge in [-0.05, 0) is 53.3 Å². The minimum atomic E-state index is -0.576. The molecule has 0 fully saturated rings. The van der Waals surface area contributed by atoms with Crippen LogP contribution in [0.4, 0.5) is 0 Å². The molecule has 0 unspecified atom stereocenters. The van der Waals surface area contributed by atoms with Crippen LogP contribution in [0.3, 0.4) is 0 Å². The molecule has 3 rings (SSSR count). The second-order valence-electron chi connectivity index (χ2n) is 8.60. The van der Waals surface area contributed by atoms with Crippen molar-refractivity contribution in [2.45, 2.75) is 46.2 Å². The summed E-state index contributed by atoms with van der Waals surface area (Å²) in [7, 11) is 0. The molecule has 4 nitrogen and oxygen atoms in total. The average molecular weight is 451 g/mol. The Morgan fingerprint density at radius 2 is 1.69 bits per heavy atom. The Balaban J connectivity index is 1.77. The van der Waals surface area contributed by atoms with Crippen LogP contribution in [0.1, 0.15) is 38.3 Å². The largest absolute Gasteiger partial charge is 0.354 e. The van der Waals surface area contributed by atoms with Crippen LogP contribution in [0.5, 0.6) is 0 Å². The molecule has 0 radical (unpaired) electrons. The summed E-state index contributed by atoms with van der Waals surface area (Å²) < 4.78 is 0. The first-order valence-electron chi connectivity index (χ1n) is 11.1. The third-order valence-electron chi connectivity index (χ3n) is 5.58. The number of hydrogen-bond donors (Lipinski definition) is 1. The zero-order valence-electron chi connectivity index (χ0n) is 19.0. The molecule has 0 saturated heterocycles.